The van der Waals surface area contributed by atoms with Crippen LogP contribution < -0.4 is 4.74 Å². The molecule has 0 N–H and O–H groups in total. The van der Waals surface area contributed by atoms with E-state index in [-0.39, 0.29) is 30.3 Å². The lowest BCUT2D eigenvalue weighted by Crippen LogP contribution is -2.59. The van der Waals surface area contributed by atoms with Crippen molar-refractivity contribution < 1.29 is 15.7 Å². The van der Waals surface area contributed by atoms with E-state index in [4.69, 9.17) is 14.3 Å². The minimum atomic E-state index is -2.41. The lowest BCUT2D eigenvalue weighted by molar-refractivity contribution is 0.00274. The molecule has 1 heterocycles. The van der Waals surface area contributed by atoms with Gasteiger partial charge >= 0.3 is 0 Å². The molecule has 4 rings (SSSR count). The van der Waals surface area contributed by atoms with E-state index in [9.17, 15) is 1.37 Å². The number of hydrogen-bond acceptors (Lipinski definition) is 2. The van der Waals surface area contributed by atoms with Gasteiger partial charge in [0.15, 0.2) is 0 Å². The van der Waals surface area contributed by atoms with Gasteiger partial charge in [0.25, 0.3) is 0 Å². The van der Waals surface area contributed by atoms with Gasteiger partial charge in [-0.05, 0) is 68.3 Å². The number of methoxy groups -OCH3 is 1. The molecule has 1 saturated carbocycles. The van der Waals surface area contributed by atoms with Crippen molar-refractivity contribution in [3.05, 3.63) is 29.3 Å². The van der Waals surface area contributed by atoms with Crippen LogP contribution in [0.5, 0.6) is 5.75 Å². The summed E-state index contributed by atoms with van der Waals surface area (Å²) in [6, 6.07) is -1.94. The van der Waals surface area contributed by atoms with Gasteiger partial charge in [0.2, 0.25) is 0 Å². The Morgan fingerprint density at radius 2 is 2.40 bits per heavy atom. The van der Waals surface area contributed by atoms with E-state index >= 15 is 0 Å². The van der Waals surface area contributed by atoms with Gasteiger partial charge in [-0.25, -0.2) is 0 Å². The average molecular weight is 279 g/mol. The van der Waals surface area contributed by atoms with Crippen molar-refractivity contribution in [3.8, 4) is 5.75 Å². The number of nitrogens with zero attached hydrogens (tertiary/aromatic N) is 1. The molecule has 0 radical (unpaired) electrons. The highest BCUT2D eigenvalue weighted by atomic mass is 16.5. The summed E-state index contributed by atoms with van der Waals surface area (Å²) in [7, 11) is 2.78. The first-order valence-electron chi connectivity index (χ1n) is 11.3. The molecule has 1 aromatic carbocycles. The molecular weight excluding hydrogens is 246 g/mol. The predicted molar refractivity (Wildman–Crippen MR) is 81.4 cm³/mol. The largest absolute Gasteiger partial charge is 0.497 e. The van der Waals surface area contributed by atoms with Gasteiger partial charge in [-0.15, -0.1) is 0 Å². The smallest absolute Gasteiger partial charge is 0.119 e. The van der Waals surface area contributed by atoms with E-state index in [1.807, 2.05) is 0 Å². The maximum absolute atomic E-state index is 9.26. The van der Waals surface area contributed by atoms with Crippen molar-refractivity contribution in [2.45, 2.75) is 49.9 Å². The van der Waals surface area contributed by atoms with E-state index in [1.165, 1.54) is 19.1 Å². The lowest BCUT2D eigenvalue weighted by atomic mass is 9.52. The van der Waals surface area contributed by atoms with Crippen LogP contribution in [0, 0.1) is 5.92 Å². The molecule has 0 aromatic heterocycles. The maximum atomic E-state index is 9.26. The molecule has 1 saturated heterocycles. The van der Waals surface area contributed by atoms with Crippen LogP contribution in [0.2, 0.25) is 0 Å². The predicted octanol–water partition coefficient (Wildman–Crippen LogP) is 3.38. The molecule has 108 valence electrons. The Labute approximate surface area is 133 Å². The molecule has 1 aliphatic heterocycles. The number of likely N-dealkylation sites (tertiary alicyclic amines) is 1. The van der Waals surface area contributed by atoms with E-state index in [2.05, 4.69) is 0 Å². The lowest BCUT2D eigenvalue weighted by Gasteiger charge is -2.58. The number of rotatable bonds is 1. The quantitative estimate of drug-likeness (QED) is 0.781. The summed E-state index contributed by atoms with van der Waals surface area (Å²) in [5.41, 5.74) is -0.778. The monoisotopic (exact) mass is 279 g/mol. The Hall–Kier alpha value is -1.02. The van der Waals surface area contributed by atoms with Gasteiger partial charge in [-0.1, -0.05) is 18.9 Å². The molecule has 2 nitrogen and oxygen atoms in total. The van der Waals surface area contributed by atoms with Crippen molar-refractivity contribution in [2.24, 2.45) is 5.92 Å². The first kappa shape index (κ1) is 6.83. The number of piperidine rings is 1. The Morgan fingerprint density at radius 3 is 3.25 bits per heavy atom. The standard InChI is InChI=1S/C18H25NO/c1-19-10-9-18-8-4-3-5-15(18)17(19)11-13-6-7-14(20-2)12-16(13)18/h6-7,12,15,17H,3-5,8-11H2,1-2H3/t15?,17-,18-/m0/s1/i6D,7D,9D2,10D2,12D,17D. The third-order valence-electron chi connectivity index (χ3n) is 5.06. The molecular formula is C18H25NO. The third kappa shape index (κ3) is 1.60. The van der Waals surface area contributed by atoms with E-state index in [1.54, 1.807) is 0 Å². The summed E-state index contributed by atoms with van der Waals surface area (Å²) < 4.78 is 75.1. The zero-order chi connectivity index (χ0) is 20.9. The summed E-state index contributed by atoms with van der Waals surface area (Å²) in [5.74, 6) is -0.579. The van der Waals surface area contributed by atoms with E-state index in [0.717, 1.165) is 6.42 Å². The summed E-state index contributed by atoms with van der Waals surface area (Å²) in [6.45, 7) is -2.41. The topological polar surface area (TPSA) is 12.5 Å². The summed E-state index contributed by atoms with van der Waals surface area (Å²) >= 11 is 0. The summed E-state index contributed by atoms with van der Waals surface area (Å²) in [4.78, 5) is 1.19. The van der Waals surface area contributed by atoms with Gasteiger partial charge < -0.3 is 9.64 Å². The highest BCUT2D eigenvalue weighted by molar-refractivity contribution is 5.45. The average Bonchev–Trinajstić information content (AvgIpc) is 2.64. The molecule has 1 unspecified atom stereocenters. The Balaban J connectivity index is 2.19. The molecule has 0 amide bonds. The van der Waals surface area contributed by atoms with Crippen LogP contribution in [-0.2, 0) is 11.8 Å². The molecule has 3 aliphatic rings. The molecule has 2 fully saturated rings. The van der Waals surface area contributed by atoms with Crippen LogP contribution in [0.15, 0.2) is 18.1 Å². The fourth-order valence-electron chi connectivity index (χ4n) is 4.08. The first-order valence-corrected chi connectivity index (χ1v) is 7.30. The molecule has 3 atom stereocenters. The van der Waals surface area contributed by atoms with Crippen molar-refractivity contribution in [2.75, 3.05) is 20.7 Å². The number of ether oxygens (including phenoxy) is 1. The second-order valence-corrected chi connectivity index (χ2v) is 6.00. The Kier molecular flexibility index (Phi) is 1.53. The highest BCUT2D eigenvalue weighted by Crippen LogP contribution is 2.55. The van der Waals surface area contributed by atoms with Gasteiger partial charge in [-0.2, -0.15) is 0 Å². The second-order valence-electron chi connectivity index (χ2n) is 6.00. The number of fused-ring (bicyclic) bond motifs is 1. The second kappa shape index (κ2) is 4.49. The fraction of sp³-hybridized carbons (Fsp3) is 0.667. The van der Waals surface area contributed by atoms with Crippen LogP contribution in [-0.4, -0.2) is 31.6 Å². The van der Waals surface area contributed by atoms with Crippen molar-refractivity contribution in [1.29, 1.82) is 0 Å². The number of likely N-dealkylation sites (N-methyl/N-ethyl adjacent to an activating group) is 1. The molecule has 2 aliphatic carbocycles. The van der Waals surface area contributed by atoms with Crippen molar-refractivity contribution in [3.63, 3.8) is 0 Å². The SMILES string of the molecule is [2H]c1c([2H])c(OC)c([2H])c2c1C[C@@]1([2H])C3CCCC[C@@]23C([2H])([2H])C([2H])([2H])N1C. The molecule has 2 heteroatoms. The number of hydrogen-bond donors (Lipinski definition) is 0. The van der Waals surface area contributed by atoms with E-state index < -0.39 is 30.2 Å². The zero-order valence-electron chi connectivity index (χ0n) is 20.0. The van der Waals surface area contributed by atoms with Gasteiger partial charge in [0.05, 0.1) is 11.2 Å². The Morgan fingerprint density at radius 1 is 1.50 bits per heavy atom. The normalized spacial score (nSPS) is 50.6. The molecule has 0 spiro atoms. The van der Waals surface area contributed by atoms with Crippen molar-refractivity contribution >= 4 is 0 Å². The van der Waals surface area contributed by atoms with Gasteiger partial charge in [0.1, 0.15) is 5.75 Å². The molecule has 1 aromatic rings. The van der Waals surface area contributed by atoms with Crippen LogP contribution in [0.3, 0.4) is 0 Å². The maximum Gasteiger partial charge on any atom is 0.119 e. The van der Waals surface area contributed by atoms with Crippen LogP contribution in [0.25, 0.3) is 0 Å². The number of benzene rings is 1. The summed E-state index contributed by atoms with van der Waals surface area (Å²) in [6.07, 6.45) is 0.00288. The molecule has 2 bridgehead atoms. The fourth-order valence-corrected chi connectivity index (χ4v) is 4.08. The Bertz CT molecular complexity index is 859. The molecule has 20 heavy (non-hydrogen) atoms. The first-order chi connectivity index (χ1) is 12.9. The third-order valence-corrected chi connectivity index (χ3v) is 5.06. The van der Waals surface area contributed by atoms with Crippen LogP contribution in [0.4, 0.5) is 0 Å². The van der Waals surface area contributed by atoms with E-state index in [0.29, 0.717) is 30.4 Å². The van der Waals surface area contributed by atoms with Crippen molar-refractivity contribution in [1.82, 2.24) is 4.90 Å². The van der Waals surface area contributed by atoms with Crippen LogP contribution >= 0.6 is 0 Å². The van der Waals surface area contributed by atoms with Crippen LogP contribution in [0.1, 0.15) is 54.1 Å². The minimum absolute atomic E-state index is 0.00142. The van der Waals surface area contributed by atoms with Gasteiger partial charge in [0, 0.05) is 18.3 Å². The highest BCUT2D eigenvalue weighted by Gasteiger charge is 2.53. The van der Waals surface area contributed by atoms with Gasteiger partial charge in [-0.3, -0.25) is 0 Å². The summed E-state index contributed by atoms with van der Waals surface area (Å²) in [5, 5.41) is 0. The zero-order valence-corrected chi connectivity index (χ0v) is 12.0. The minimum Gasteiger partial charge on any atom is -0.497 e.